The van der Waals surface area contributed by atoms with Crippen LogP contribution in [-0.4, -0.2) is 51.7 Å². The minimum atomic E-state index is -1.29. The summed E-state index contributed by atoms with van der Waals surface area (Å²) in [7, 11) is 1.65. The van der Waals surface area contributed by atoms with Crippen LogP contribution in [0, 0.1) is 0 Å². The van der Waals surface area contributed by atoms with Crippen molar-refractivity contribution in [3.8, 4) is 0 Å². The average molecular weight is 459 g/mol. The molecule has 0 saturated heterocycles. The van der Waals surface area contributed by atoms with Gasteiger partial charge in [-0.05, 0) is 29.8 Å². The number of aromatic nitrogens is 1. The molecule has 0 bridgehead atoms. The number of rotatable bonds is 7. The Morgan fingerprint density at radius 1 is 0.882 bits per heavy atom. The Kier molecular flexibility index (Phi) is 6.35. The fraction of sp³-hybridized carbons (Fsp3) is 0.160. The zero-order valence-electron chi connectivity index (χ0n) is 18.3. The number of esters is 1. The van der Waals surface area contributed by atoms with Gasteiger partial charge in [0.25, 0.3) is 23.6 Å². The molecule has 1 aromatic heterocycles. The number of amides is 4. The fourth-order valence-corrected chi connectivity index (χ4v) is 3.76. The molecule has 2 heterocycles. The predicted molar refractivity (Wildman–Crippen MR) is 120 cm³/mol. The third-order valence-corrected chi connectivity index (χ3v) is 5.46. The van der Waals surface area contributed by atoms with Crippen molar-refractivity contribution in [2.75, 3.05) is 6.61 Å². The Hall–Kier alpha value is -4.53. The van der Waals surface area contributed by atoms with Crippen molar-refractivity contribution in [1.82, 2.24) is 14.8 Å². The highest BCUT2D eigenvalue weighted by Crippen LogP contribution is 2.26. The highest BCUT2D eigenvalue weighted by atomic mass is 16.5. The van der Waals surface area contributed by atoms with Gasteiger partial charge in [0.05, 0.1) is 11.1 Å². The number of benzene rings is 2. The van der Waals surface area contributed by atoms with E-state index in [4.69, 9.17) is 4.74 Å². The summed E-state index contributed by atoms with van der Waals surface area (Å²) in [6.45, 7) is -0.747. The monoisotopic (exact) mass is 459 g/mol. The number of carbonyl (C=O) groups is 5. The van der Waals surface area contributed by atoms with Crippen LogP contribution in [0.4, 0.5) is 0 Å². The summed E-state index contributed by atoms with van der Waals surface area (Å²) in [6.07, 6.45) is 1.66. The Bertz CT molecular complexity index is 1250. The molecule has 1 aliphatic rings. The molecule has 0 radical (unpaired) electrons. The van der Waals surface area contributed by atoms with E-state index in [1.54, 1.807) is 61.8 Å². The van der Waals surface area contributed by atoms with E-state index < -0.39 is 42.2 Å². The number of hydrogen-bond acceptors (Lipinski definition) is 6. The number of carbonyl (C=O) groups excluding carboxylic acids is 5. The van der Waals surface area contributed by atoms with Gasteiger partial charge in [-0.1, -0.05) is 42.5 Å². The van der Waals surface area contributed by atoms with E-state index in [1.807, 2.05) is 0 Å². The first-order valence-corrected chi connectivity index (χ1v) is 10.5. The lowest BCUT2D eigenvalue weighted by molar-refractivity contribution is -0.152. The summed E-state index contributed by atoms with van der Waals surface area (Å²) >= 11 is 0. The first kappa shape index (κ1) is 22.7. The summed E-state index contributed by atoms with van der Waals surface area (Å²) < 4.78 is 6.67. The molecular formula is C25H21N3O6. The zero-order valence-corrected chi connectivity index (χ0v) is 18.3. The van der Waals surface area contributed by atoms with Crippen LogP contribution in [0.2, 0.25) is 0 Å². The van der Waals surface area contributed by atoms with Gasteiger partial charge in [-0.25, -0.2) is 4.79 Å². The number of imide groups is 2. The van der Waals surface area contributed by atoms with Gasteiger partial charge in [0.2, 0.25) is 0 Å². The van der Waals surface area contributed by atoms with E-state index in [-0.39, 0.29) is 23.2 Å². The maximum absolute atomic E-state index is 13.0. The Labute approximate surface area is 194 Å². The normalized spacial score (nSPS) is 13.4. The van der Waals surface area contributed by atoms with Gasteiger partial charge >= 0.3 is 5.97 Å². The molecule has 9 heteroatoms. The van der Waals surface area contributed by atoms with Crippen molar-refractivity contribution in [1.29, 1.82) is 0 Å². The number of hydrogen-bond donors (Lipinski definition) is 1. The molecule has 172 valence electrons. The summed E-state index contributed by atoms with van der Waals surface area (Å²) in [5.74, 6) is -3.63. The largest absolute Gasteiger partial charge is 0.454 e. The van der Waals surface area contributed by atoms with Crippen LogP contribution >= 0.6 is 0 Å². The Morgan fingerprint density at radius 3 is 2.09 bits per heavy atom. The van der Waals surface area contributed by atoms with Crippen molar-refractivity contribution in [2.45, 2.75) is 12.5 Å². The van der Waals surface area contributed by atoms with Crippen LogP contribution in [0.25, 0.3) is 0 Å². The van der Waals surface area contributed by atoms with Gasteiger partial charge < -0.3 is 9.30 Å². The topological polar surface area (TPSA) is 115 Å². The smallest absolute Gasteiger partial charge is 0.330 e. The molecule has 1 N–H and O–H groups in total. The maximum Gasteiger partial charge on any atom is 0.330 e. The molecule has 34 heavy (non-hydrogen) atoms. The first-order chi connectivity index (χ1) is 16.4. The molecule has 9 nitrogen and oxygen atoms in total. The molecule has 4 amide bonds. The second-order valence-electron chi connectivity index (χ2n) is 7.72. The molecule has 1 atom stereocenters. The maximum atomic E-state index is 13.0. The lowest BCUT2D eigenvalue weighted by Crippen LogP contribution is -2.47. The molecule has 0 unspecified atom stereocenters. The van der Waals surface area contributed by atoms with Gasteiger partial charge in [0.15, 0.2) is 6.61 Å². The van der Waals surface area contributed by atoms with Gasteiger partial charge in [0, 0.05) is 19.7 Å². The Morgan fingerprint density at radius 2 is 1.50 bits per heavy atom. The van der Waals surface area contributed by atoms with Gasteiger partial charge in [0.1, 0.15) is 11.7 Å². The number of ether oxygens (including phenoxy) is 1. The summed E-state index contributed by atoms with van der Waals surface area (Å²) in [5, 5.41) is 2.14. The van der Waals surface area contributed by atoms with Gasteiger partial charge in [-0.15, -0.1) is 0 Å². The number of fused-ring (bicyclic) bond motifs is 1. The number of nitrogens with zero attached hydrogens (tertiary/aromatic N) is 2. The Balaban J connectivity index is 1.49. The third kappa shape index (κ3) is 4.49. The van der Waals surface area contributed by atoms with Crippen LogP contribution in [0.5, 0.6) is 0 Å². The van der Waals surface area contributed by atoms with E-state index >= 15 is 0 Å². The second-order valence-corrected chi connectivity index (χ2v) is 7.72. The quantitative estimate of drug-likeness (QED) is 0.425. The molecule has 0 saturated carbocycles. The number of nitrogens with one attached hydrogen (secondary N) is 1. The predicted octanol–water partition coefficient (Wildman–Crippen LogP) is 1.73. The molecule has 4 rings (SSSR count). The fourth-order valence-electron chi connectivity index (χ4n) is 3.76. The van der Waals surface area contributed by atoms with Crippen LogP contribution in [0.1, 0.15) is 36.8 Å². The van der Waals surface area contributed by atoms with Crippen molar-refractivity contribution in [3.05, 3.63) is 95.3 Å². The van der Waals surface area contributed by atoms with E-state index in [0.717, 1.165) is 4.90 Å². The molecule has 3 aromatic rings. The lowest BCUT2D eigenvalue weighted by atomic mass is 10.0. The molecule has 0 fully saturated rings. The van der Waals surface area contributed by atoms with Crippen LogP contribution in [0.3, 0.4) is 0 Å². The minimum absolute atomic E-state index is 0.00897. The summed E-state index contributed by atoms with van der Waals surface area (Å²) in [6, 6.07) is 17.0. The van der Waals surface area contributed by atoms with Crippen LogP contribution < -0.4 is 5.32 Å². The van der Waals surface area contributed by atoms with Crippen molar-refractivity contribution in [3.63, 3.8) is 0 Å². The van der Waals surface area contributed by atoms with Gasteiger partial charge in [-0.3, -0.25) is 29.4 Å². The molecule has 0 aliphatic carbocycles. The summed E-state index contributed by atoms with van der Waals surface area (Å²) in [5.41, 5.74) is 1.35. The molecule has 0 spiro atoms. The highest BCUT2D eigenvalue weighted by molar-refractivity contribution is 6.22. The second kappa shape index (κ2) is 9.53. The van der Waals surface area contributed by atoms with E-state index in [0.29, 0.717) is 5.56 Å². The number of aryl methyl sites for hydroxylation is 1. The standard InChI is InChI=1S/C25H21N3O6/c1-27-13-7-12-19(27)22(30)26-21(29)15-34-25(33)20(14-16-8-3-2-4-9-16)28-23(31)17-10-5-6-11-18(17)24(28)32/h2-13,20H,14-15H2,1H3,(H,26,29,30)/t20-/m0/s1. The summed E-state index contributed by atoms with van der Waals surface area (Å²) in [4.78, 5) is 64.2. The molecule has 1 aliphatic heterocycles. The van der Waals surface area contributed by atoms with Crippen molar-refractivity contribution < 1.29 is 28.7 Å². The first-order valence-electron chi connectivity index (χ1n) is 10.5. The van der Waals surface area contributed by atoms with Crippen molar-refractivity contribution in [2.24, 2.45) is 7.05 Å². The van der Waals surface area contributed by atoms with E-state index in [1.165, 1.54) is 22.8 Å². The molecular weight excluding hydrogens is 438 g/mol. The third-order valence-electron chi connectivity index (χ3n) is 5.46. The lowest BCUT2D eigenvalue weighted by Gasteiger charge is -2.24. The van der Waals surface area contributed by atoms with Crippen LogP contribution in [0.15, 0.2) is 72.9 Å². The van der Waals surface area contributed by atoms with E-state index in [9.17, 15) is 24.0 Å². The van der Waals surface area contributed by atoms with Gasteiger partial charge in [-0.2, -0.15) is 0 Å². The average Bonchev–Trinajstić information content (AvgIpc) is 3.38. The highest BCUT2D eigenvalue weighted by Gasteiger charge is 2.43. The van der Waals surface area contributed by atoms with Crippen molar-refractivity contribution >= 4 is 29.6 Å². The zero-order chi connectivity index (χ0) is 24.2. The van der Waals surface area contributed by atoms with E-state index in [2.05, 4.69) is 5.32 Å². The SMILES string of the molecule is Cn1cccc1C(=O)NC(=O)COC(=O)[C@H](Cc1ccccc1)N1C(=O)c2ccccc2C1=O. The minimum Gasteiger partial charge on any atom is -0.454 e. The molecule has 2 aromatic carbocycles. The van der Waals surface area contributed by atoms with Crippen LogP contribution in [-0.2, 0) is 27.8 Å².